The van der Waals surface area contributed by atoms with E-state index < -0.39 is 12.0 Å². The first-order chi connectivity index (χ1) is 17.9. The zero-order valence-corrected chi connectivity index (χ0v) is 22.3. The lowest BCUT2D eigenvalue weighted by atomic mass is 9.96. The summed E-state index contributed by atoms with van der Waals surface area (Å²) in [5.41, 5.74) is 1.95. The van der Waals surface area contributed by atoms with Gasteiger partial charge in [0.25, 0.3) is 5.56 Å². The average Bonchev–Trinajstić information content (AvgIpc) is 3.21. The van der Waals surface area contributed by atoms with Crippen LogP contribution < -0.4 is 33.8 Å². The van der Waals surface area contributed by atoms with Crippen LogP contribution in [0.4, 0.5) is 0 Å². The van der Waals surface area contributed by atoms with E-state index in [2.05, 4.69) is 4.99 Å². The minimum Gasteiger partial charge on any atom is -0.497 e. The van der Waals surface area contributed by atoms with Crippen molar-refractivity contribution >= 4 is 23.4 Å². The van der Waals surface area contributed by atoms with Gasteiger partial charge in [0.2, 0.25) is 5.75 Å². The van der Waals surface area contributed by atoms with E-state index in [4.69, 9.17) is 23.7 Å². The number of carbonyl (C=O) groups excluding carboxylic acids is 1. The molecule has 2 heterocycles. The summed E-state index contributed by atoms with van der Waals surface area (Å²) < 4.78 is 28.9. The molecule has 0 radical (unpaired) electrons. The fourth-order valence-electron chi connectivity index (χ4n) is 4.23. The van der Waals surface area contributed by atoms with Gasteiger partial charge in [-0.2, -0.15) is 0 Å². The van der Waals surface area contributed by atoms with Crippen molar-refractivity contribution in [3.63, 3.8) is 0 Å². The van der Waals surface area contributed by atoms with Gasteiger partial charge in [-0.15, -0.1) is 0 Å². The molecule has 4 rings (SSSR count). The molecule has 0 fully saturated rings. The number of allylic oxidation sites excluding steroid dienone is 1. The molecule has 1 aliphatic heterocycles. The van der Waals surface area contributed by atoms with Crippen LogP contribution >= 0.6 is 11.3 Å². The lowest BCUT2D eigenvalue weighted by Gasteiger charge is -2.24. The summed E-state index contributed by atoms with van der Waals surface area (Å²) in [7, 11) is 6.17. The Morgan fingerprint density at radius 1 is 1.03 bits per heavy atom. The van der Waals surface area contributed by atoms with Crippen molar-refractivity contribution in [2.75, 3.05) is 35.0 Å². The first-order valence-electron chi connectivity index (χ1n) is 11.5. The highest BCUT2D eigenvalue weighted by Crippen LogP contribution is 2.38. The summed E-state index contributed by atoms with van der Waals surface area (Å²) in [6.07, 6.45) is 1.74. The molecule has 0 saturated heterocycles. The summed E-state index contributed by atoms with van der Waals surface area (Å²) in [6, 6.07) is 10.1. The number of aromatic nitrogens is 1. The van der Waals surface area contributed by atoms with Gasteiger partial charge in [-0.3, -0.25) is 9.36 Å². The Kier molecular flexibility index (Phi) is 7.68. The molecule has 0 aliphatic carbocycles. The maximum atomic E-state index is 13.8. The summed E-state index contributed by atoms with van der Waals surface area (Å²) in [6.45, 7) is 3.69. The third kappa shape index (κ3) is 4.84. The summed E-state index contributed by atoms with van der Waals surface area (Å²) in [5.74, 6) is 1.55. The normalized spacial score (nSPS) is 15.1. The van der Waals surface area contributed by atoms with Crippen molar-refractivity contribution in [2.45, 2.75) is 19.9 Å². The smallest absolute Gasteiger partial charge is 0.338 e. The number of thiazole rings is 1. The first-order valence-corrected chi connectivity index (χ1v) is 12.3. The lowest BCUT2D eigenvalue weighted by Crippen LogP contribution is -2.39. The van der Waals surface area contributed by atoms with Crippen molar-refractivity contribution in [1.82, 2.24) is 4.57 Å². The number of ether oxygens (including phenoxy) is 5. The van der Waals surface area contributed by atoms with Crippen LogP contribution in [0.25, 0.3) is 6.08 Å². The Labute approximate surface area is 217 Å². The van der Waals surface area contributed by atoms with Gasteiger partial charge in [0.15, 0.2) is 16.3 Å². The number of fused-ring (bicyclic) bond motifs is 1. The molecule has 2 aromatic carbocycles. The second kappa shape index (κ2) is 10.9. The molecule has 37 heavy (non-hydrogen) atoms. The van der Waals surface area contributed by atoms with Crippen molar-refractivity contribution in [3.8, 4) is 23.0 Å². The third-order valence-corrected chi connectivity index (χ3v) is 6.92. The molecular formula is C27H28N2O7S. The molecule has 0 bridgehead atoms. The Hall–Kier alpha value is -4.05. The highest BCUT2D eigenvalue weighted by atomic mass is 32.1. The van der Waals surface area contributed by atoms with Crippen molar-refractivity contribution in [1.29, 1.82) is 0 Å². The molecule has 1 aromatic heterocycles. The van der Waals surface area contributed by atoms with Gasteiger partial charge in [-0.05, 0) is 55.3 Å². The maximum Gasteiger partial charge on any atom is 0.338 e. The second-order valence-electron chi connectivity index (χ2n) is 8.03. The fraction of sp³-hybridized carbons (Fsp3) is 0.296. The molecule has 0 amide bonds. The van der Waals surface area contributed by atoms with E-state index in [1.165, 1.54) is 37.2 Å². The van der Waals surface area contributed by atoms with Crippen LogP contribution in [0, 0.1) is 0 Å². The Morgan fingerprint density at radius 3 is 2.22 bits per heavy atom. The number of hydrogen-bond acceptors (Lipinski definition) is 9. The molecule has 0 saturated carbocycles. The number of rotatable bonds is 8. The van der Waals surface area contributed by atoms with E-state index >= 15 is 0 Å². The van der Waals surface area contributed by atoms with Gasteiger partial charge >= 0.3 is 5.97 Å². The molecule has 0 spiro atoms. The molecular weight excluding hydrogens is 496 g/mol. The van der Waals surface area contributed by atoms with Gasteiger partial charge in [0.05, 0.1) is 56.9 Å². The van der Waals surface area contributed by atoms with Gasteiger partial charge in [0, 0.05) is 0 Å². The fourth-order valence-corrected chi connectivity index (χ4v) is 5.28. The largest absolute Gasteiger partial charge is 0.497 e. The lowest BCUT2D eigenvalue weighted by molar-refractivity contribution is -0.139. The van der Waals surface area contributed by atoms with E-state index in [0.717, 1.165) is 5.56 Å². The Bertz CT molecular complexity index is 1510. The van der Waals surface area contributed by atoms with Gasteiger partial charge in [0.1, 0.15) is 5.75 Å². The van der Waals surface area contributed by atoms with E-state index in [0.29, 0.717) is 49.2 Å². The molecule has 1 atom stereocenters. The molecule has 1 aliphatic rings. The average molecular weight is 525 g/mol. The minimum absolute atomic E-state index is 0.205. The number of carbonyl (C=O) groups is 1. The second-order valence-corrected chi connectivity index (χ2v) is 9.04. The highest BCUT2D eigenvalue weighted by molar-refractivity contribution is 7.07. The summed E-state index contributed by atoms with van der Waals surface area (Å²) in [5, 5.41) is 0. The molecule has 3 aromatic rings. The van der Waals surface area contributed by atoms with Gasteiger partial charge in [-0.25, -0.2) is 9.79 Å². The van der Waals surface area contributed by atoms with Crippen LogP contribution in [0.3, 0.4) is 0 Å². The van der Waals surface area contributed by atoms with E-state index in [1.807, 2.05) is 12.1 Å². The Balaban J connectivity index is 1.94. The summed E-state index contributed by atoms with van der Waals surface area (Å²) >= 11 is 1.23. The van der Waals surface area contributed by atoms with Crippen molar-refractivity contribution < 1.29 is 28.5 Å². The maximum absolute atomic E-state index is 13.8. The zero-order valence-electron chi connectivity index (χ0n) is 21.5. The third-order valence-electron chi connectivity index (χ3n) is 5.93. The number of esters is 1. The quantitative estimate of drug-likeness (QED) is 0.418. The molecule has 0 unspecified atom stereocenters. The van der Waals surface area contributed by atoms with Crippen LogP contribution in [0.15, 0.2) is 57.5 Å². The number of benzene rings is 2. The monoisotopic (exact) mass is 524 g/mol. The van der Waals surface area contributed by atoms with Crippen LogP contribution in [-0.2, 0) is 9.53 Å². The van der Waals surface area contributed by atoms with Crippen LogP contribution in [-0.4, -0.2) is 45.6 Å². The SMILES string of the molecule is CCOC(=O)C1=C(C)N=c2s/c(=C\c3cc(OC)c(OC)c(OC)c3)c(=O)n2[C@@H]1c1ccc(OC)cc1. The van der Waals surface area contributed by atoms with Crippen LogP contribution in [0.1, 0.15) is 31.0 Å². The van der Waals surface area contributed by atoms with Crippen molar-refractivity contribution in [2.24, 2.45) is 4.99 Å². The molecule has 10 heteroatoms. The van der Waals surface area contributed by atoms with Crippen LogP contribution in [0.2, 0.25) is 0 Å². The number of hydrogen-bond donors (Lipinski definition) is 0. The molecule has 194 valence electrons. The first kappa shape index (κ1) is 26.0. The minimum atomic E-state index is -0.705. The highest BCUT2D eigenvalue weighted by Gasteiger charge is 2.33. The van der Waals surface area contributed by atoms with E-state index in [9.17, 15) is 9.59 Å². The van der Waals surface area contributed by atoms with Crippen molar-refractivity contribution in [3.05, 3.63) is 78.5 Å². The van der Waals surface area contributed by atoms with Gasteiger partial charge in [-0.1, -0.05) is 23.5 Å². The van der Waals surface area contributed by atoms with E-state index in [-0.39, 0.29) is 12.2 Å². The number of methoxy groups -OCH3 is 4. The Morgan fingerprint density at radius 2 is 1.68 bits per heavy atom. The molecule has 0 N–H and O–H groups in total. The predicted molar refractivity (Wildman–Crippen MR) is 139 cm³/mol. The van der Waals surface area contributed by atoms with Gasteiger partial charge < -0.3 is 23.7 Å². The topological polar surface area (TPSA) is 97.6 Å². The standard InChI is InChI=1S/C27H28N2O7S/c1-7-36-26(31)22-15(2)28-27-29(23(22)17-8-10-18(32-3)11-9-17)25(30)21(37-27)14-16-12-19(33-4)24(35-6)20(13-16)34-5/h8-14,23H,7H2,1-6H3/b21-14-/t23-/m1/s1. The summed E-state index contributed by atoms with van der Waals surface area (Å²) in [4.78, 5) is 31.9. The molecule has 9 nitrogen and oxygen atoms in total. The number of nitrogens with zero attached hydrogens (tertiary/aromatic N) is 2. The zero-order chi connectivity index (χ0) is 26.7. The van der Waals surface area contributed by atoms with E-state index in [1.54, 1.807) is 51.3 Å². The predicted octanol–water partition coefficient (Wildman–Crippen LogP) is 2.83. The van der Waals surface area contributed by atoms with Crippen LogP contribution in [0.5, 0.6) is 23.0 Å².